The second-order valence-corrected chi connectivity index (χ2v) is 7.33. The molecule has 2 aromatic carbocycles. The number of benzene rings is 2. The Morgan fingerprint density at radius 2 is 1.96 bits per heavy atom. The van der Waals surface area contributed by atoms with E-state index in [-0.39, 0.29) is 0 Å². The Morgan fingerprint density at radius 1 is 1.08 bits per heavy atom. The van der Waals surface area contributed by atoms with Crippen molar-refractivity contribution < 1.29 is 0 Å². The van der Waals surface area contributed by atoms with Crippen molar-refractivity contribution in [3.63, 3.8) is 0 Å². The Kier molecular flexibility index (Phi) is 4.04. The van der Waals surface area contributed by atoms with E-state index < -0.39 is 0 Å². The number of fused-ring (bicyclic) bond motifs is 2. The Bertz CT molecular complexity index is 983. The number of rotatable bonds is 5. The summed E-state index contributed by atoms with van der Waals surface area (Å²) >= 11 is 1.88. The average Bonchev–Trinajstić information content (AvgIpc) is 3.17. The van der Waals surface area contributed by atoms with E-state index in [1.807, 2.05) is 24.0 Å². The zero-order valence-electron chi connectivity index (χ0n) is 13.8. The summed E-state index contributed by atoms with van der Waals surface area (Å²) in [5.41, 5.74) is 4.34. The van der Waals surface area contributed by atoms with E-state index in [1.165, 1.54) is 10.3 Å². The van der Waals surface area contributed by atoms with Gasteiger partial charge in [-0.15, -0.1) is 11.8 Å². The summed E-state index contributed by atoms with van der Waals surface area (Å²) in [4.78, 5) is 15.0. The van der Waals surface area contributed by atoms with Crippen LogP contribution in [0.25, 0.3) is 33.3 Å². The van der Waals surface area contributed by atoms with E-state index in [1.54, 1.807) is 0 Å². The van der Waals surface area contributed by atoms with Crippen LogP contribution in [0.3, 0.4) is 0 Å². The molecular formula is C19H20N4S. The van der Waals surface area contributed by atoms with Crippen molar-refractivity contribution in [2.75, 3.05) is 26.4 Å². The first-order valence-corrected chi connectivity index (χ1v) is 9.03. The lowest BCUT2D eigenvalue weighted by atomic mass is 10.2. The summed E-state index contributed by atoms with van der Waals surface area (Å²) in [6, 6.07) is 14.8. The molecule has 0 amide bonds. The molecule has 0 fully saturated rings. The molecule has 4 aromatic rings. The van der Waals surface area contributed by atoms with Gasteiger partial charge in [0.1, 0.15) is 5.82 Å². The summed E-state index contributed by atoms with van der Waals surface area (Å²) in [7, 11) is 4.21. The number of nitrogens with one attached hydrogen (secondary N) is 2. The van der Waals surface area contributed by atoms with Gasteiger partial charge < -0.3 is 14.9 Å². The largest absolute Gasteiger partial charge is 0.360 e. The van der Waals surface area contributed by atoms with Gasteiger partial charge in [0.2, 0.25) is 0 Å². The SMILES string of the molecule is CN(C)CCSc1ccc2nc(-c3c[nH]c4ccccc34)[nH]c2c1. The van der Waals surface area contributed by atoms with Crippen LogP contribution >= 0.6 is 11.8 Å². The van der Waals surface area contributed by atoms with E-state index in [0.29, 0.717) is 0 Å². The number of para-hydroxylation sites is 1. The molecule has 122 valence electrons. The zero-order chi connectivity index (χ0) is 16.5. The number of imidazole rings is 1. The van der Waals surface area contributed by atoms with Crippen LogP contribution in [-0.2, 0) is 0 Å². The minimum atomic E-state index is 0.915. The molecule has 0 aliphatic carbocycles. The fraction of sp³-hybridized carbons (Fsp3) is 0.211. The minimum absolute atomic E-state index is 0.915. The number of aromatic amines is 2. The van der Waals surface area contributed by atoms with Crippen molar-refractivity contribution in [1.82, 2.24) is 19.9 Å². The van der Waals surface area contributed by atoms with Gasteiger partial charge in [-0.2, -0.15) is 0 Å². The van der Waals surface area contributed by atoms with Gasteiger partial charge in [0.15, 0.2) is 0 Å². The lowest BCUT2D eigenvalue weighted by Gasteiger charge is -2.08. The molecule has 0 aliphatic heterocycles. The highest BCUT2D eigenvalue weighted by Crippen LogP contribution is 2.29. The normalized spacial score (nSPS) is 11.8. The average molecular weight is 336 g/mol. The van der Waals surface area contributed by atoms with Crippen molar-refractivity contribution in [2.45, 2.75) is 4.90 Å². The van der Waals surface area contributed by atoms with E-state index in [0.717, 1.165) is 40.2 Å². The Morgan fingerprint density at radius 3 is 2.83 bits per heavy atom. The third-order valence-corrected chi connectivity index (χ3v) is 5.08. The maximum absolute atomic E-state index is 4.76. The molecule has 0 atom stereocenters. The van der Waals surface area contributed by atoms with Gasteiger partial charge in [-0.05, 0) is 38.4 Å². The van der Waals surface area contributed by atoms with Gasteiger partial charge in [0.25, 0.3) is 0 Å². The smallest absolute Gasteiger partial charge is 0.140 e. The highest BCUT2D eigenvalue weighted by atomic mass is 32.2. The molecule has 0 saturated carbocycles. The number of hydrogen-bond donors (Lipinski definition) is 2. The maximum Gasteiger partial charge on any atom is 0.140 e. The lowest BCUT2D eigenvalue weighted by Crippen LogP contribution is -2.14. The van der Waals surface area contributed by atoms with Gasteiger partial charge in [0, 0.05) is 39.9 Å². The molecule has 0 saturated heterocycles. The molecule has 24 heavy (non-hydrogen) atoms. The van der Waals surface area contributed by atoms with Crippen LogP contribution in [0.2, 0.25) is 0 Å². The van der Waals surface area contributed by atoms with Crippen molar-refractivity contribution >= 4 is 33.7 Å². The number of hydrogen-bond acceptors (Lipinski definition) is 3. The third kappa shape index (κ3) is 2.92. The maximum atomic E-state index is 4.76. The van der Waals surface area contributed by atoms with Gasteiger partial charge in [0.05, 0.1) is 11.0 Å². The Hall–Kier alpha value is -2.24. The fourth-order valence-electron chi connectivity index (χ4n) is 2.82. The molecule has 0 bridgehead atoms. The highest BCUT2D eigenvalue weighted by molar-refractivity contribution is 7.99. The summed E-state index contributed by atoms with van der Waals surface area (Å²) in [6.07, 6.45) is 2.02. The van der Waals surface area contributed by atoms with Crippen LogP contribution in [0.5, 0.6) is 0 Å². The van der Waals surface area contributed by atoms with E-state index in [4.69, 9.17) is 4.98 Å². The fourth-order valence-corrected chi connectivity index (χ4v) is 3.88. The lowest BCUT2D eigenvalue weighted by molar-refractivity contribution is 0.437. The summed E-state index contributed by atoms with van der Waals surface area (Å²) < 4.78 is 0. The summed E-state index contributed by atoms with van der Waals surface area (Å²) in [6.45, 7) is 1.08. The van der Waals surface area contributed by atoms with Crippen LogP contribution in [0.15, 0.2) is 53.6 Å². The van der Waals surface area contributed by atoms with Crippen LogP contribution < -0.4 is 0 Å². The van der Waals surface area contributed by atoms with Gasteiger partial charge >= 0.3 is 0 Å². The third-order valence-electron chi connectivity index (χ3n) is 4.10. The Balaban J connectivity index is 1.66. The van der Waals surface area contributed by atoms with Crippen LogP contribution in [-0.4, -0.2) is 46.2 Å². The molecule has 5 heteroatoms. The topological polar surface area (TPSA) is 47.7 Å². The number of thioether (sulfide) groups is 1. The second-order valence-electron chi connectivity index (χ2n) is 6.16. The quantitative estimate of drug-likeness (QED) is 0.532. The molecule has 0 unspecified atom stereocenters. The number of nitrogens with zero attached hydrogens (tertiary/aromatic N) is 2. The predicted octanol–water partition coefficient (Wildman–Crippen LogP) is 4.36. The minimum Gasteiger partial charge on any atom is -0.360 e. The van der Waals surface area contributed by atoms with Crippen LogP contribution in [0.4, 0.5) is 0 Å². The summed E-state index contributed by atoms with van der Waals surface area (Å²) in [5, 5.41) is 1.19. The van der Waals surface area contributed by atoms with Crippen molar-refractivity contribution in [3.05, 3.63) is 48.7 Å². The van der Waals surface area contributed by atoms with Crippen molar-refractivity contribution in [2.24, 2.45) is 0 Å². The van der Waals surface area contributed by atoms with Crippen molar-refractivity contribution in [3.8, 4) is 11.4 Å². The molecule has 2 aromatic heterocycles. The van der Waals surface area contributed by atoms with E-state index >= 15 is 0 Å². The zero-order valence-corrected chi connectivity index (χ0v) is 14.7. The molecule has 0 aliphatic rings. The first kappa shape index (κ1) is 15.3. The molecular weight excluding hydrogens is 316 g/mol. The second kappa shape index (κ2) is 6.34. The Labute approximate surface area is 145 Å². The van der Waals surface area contributed by atoms with Gasteiger partial charge in [-0.3, -0.25) is 0 Å². The first-order chi connectivity index (χ1) is 11.7. The highest BCUT2D eigenvalue weighted by Gasteiger charge is 2.10. The summed E-state index contributed by atoms with van der Waals surface area (Å²) in [5.74, 6) is 2.00. The van der Waals surface area contributed by atoms with Gasteiger partial charge in [-0.1, -0.05) is 18.2 Å². The van der Waals surface area contributed by atoms with Crippen LogP contribution in [0, 0.1) is 0 Å². The van der Waals surface area contributed by atoms with Crippen molar-refractivity contribution in [1.29, 1.82) is 0 Å². The molecule has 2 N–H and O–H groups in total. The predicted molar refractivity (Wildman–Crippen MR) is 103 cm³/mol. The molecule has 0 radical (unpaired) electrons. The number of H-pyrrole nitrogens is 2. The number of aromatic nitrogens is 3. The van der Waals surface area contributed by atoms with Gasteiger partial charge in [-0.25, -0.2) is 4.98 Å². The van der Waals surface area contributed by atoms with Crippen LogP contribution in [0.1, 0.15) is 0 Å². The molecule has 4 nitrogen and oxygen atoms in total. The standard InChI is InChI=1S/C19H20N4S/c1-23(2)9-10-24-13-7-8-17-18(11-13)22-19(21-17)15-12-20-16-6-4-3-5-14(15)16/h3-8,11-12,20H,9-10H2,1-2H3,(H,21,22). The van der Waals surface area contributed by atoms with E-state index in [9.17, 15) is 0 Å². The first-order valence-electron chi connectivity index (χ1n) is 8.04. The molecule has 0 spiro atoms. The monoisotopic (exact) mass is 336 g/mol. The van der Waals surface area contributed by atoms with E-state index in [2.05, 4.69) is 65.4 Å². The molecule has 4 rings (SSSR count). The molecule has 2 heterocycles.